The van der Waals surface area contributed by atoms with Crippen molar-refractivity contribution in [3.05, 3.63) is 77.9 Å². The fourth-order valence-electron chi connectivity index (χ4n) is 3.64. The van der Waals surface area contributed by atoms with E-state index in [1.54, 1.807) is 38.5 Å². The molecule has 0 atom stereocenters. The maximum atomic E-state index is 13.5. The number of amides is 1. The van der Waals surface area contributed by atoms with Crippen molar-refractivity contribution in [2.45, 2.75) is 24.7 Å². The Kier molecular flexibility index (Phi) is 9.19. The molecule has 0 aliphatic carbocycles. The average Bonchev–Trinajstić information content (AvgIpc) is 2.90. The zero-order valence-electron chi connectivity index (χ0n) is 21.0. The van der Waals surface area contributed by atoms with Crippen LogP contribution in [0.2, 0.25) is 0 Å². The Balaban J connectivity index is 1.68. The van der Waals surface area contributed by atoms with Crippen molar-refractivity contribution in [1.29, 1.82) is 0 Å². The van der Waals surface area contributed by atoms with Crippen molar-refractivity contribution in [2.24, 2.45) is 0 Å². The number of nitrogens with one attached hydrogen (secondary N) is 1. The van der Waals surface area contributed by atoms with Gasteiger partial charge in [-0.25, -0.2) is 8.42 Å². The largest absolute Gasteiger partial charge is 0.497 e. The Labute approximate surface area is 212 Å². The summed E-state index contributed by atoms with van der Waals surface area (Å²) in [6.07, 6.45) is 1.39. The van der Waals surface area contributed by atoms with Gasteiger partial charge < -0.3 is 19.5 Å². The molecule has 1 N–H and O–H groups in total. The van der Waals surface area contributed by atoms with Crippen LogP contribution < -0.4 is 23.8 Å². The van der Waals surface area contributed by atoms with Gasteiger partial charge in [-0.05, 0) is 73.9 Å². The van der Waals surface area contributed by atoms with Gasteiger partial charge in [-0.15, -0.1) is 0 Å². The van der Waals surface area contributed by atoms with Gasteiger partial charge in [0, 0.05) is 6.54 Å². The average molecular weight is 513 g/mol. The topological polar surface area (TPSA) is 94.2 Å². The van der Waals surface area contributed by atoms with Crippen molar-refractivity contribution in [3.63, 3.8) is 0 Å². The maximum absolute atomic E-state index is 13.5. The van der Waals surface area contributed by atoms with E-state index in [1.165, 1.54) is 19.2 Å². The zero-order chi connectivity index (χ0) is 26.1. The number of ether oxygens (including phenoxy) is 3. The minimum absolute atomic E-state index is 0.0742. The highest BCUT2D eigenvalue weighted by Crippen LogP contribution is 2.28. The van der Waals surface area contributed by atoms with E-state index in [0.29, 0.717) is 42.3 Å². The molecular weight excluding hydrogens is 480 g/mol. The standard InChI is InChI=1S/C27H32N2O6S/c1-20-7-10-22(11-8-20)29(36(31,32)24-14-12-23(33-2)13-15-24)19-27(30)28-17-5-6-21-9-16-25(34-3)26(18-21)35-4/h7-16,18H,5-6,17,19H2,1-4H3,(H,28,30). The van der Waals surface area contributed by atoms with E-state index in [9.17, 15) is 13.2 Å². The number of carbonyl (C=O) groups excluding carboxylic acids is 1. The van der Waals surface area contributed by atoms with Crippen molar-refractivity contribution < 1.29 is 27.4 Å². The molecule has 0 fully saturated rings. The lowest BCUT2D eigenvalue weighted by molar-refractivity contribution is -0.119. The predicted molar refractivity (Wildman–Crippen MR) is 140 cm³/mol. The Bertz CT molecular complexity index is 1260. The molecule has 3 aromatic carbocycles. The van der Waals surface area contributed by atoms with Crippen LogP contribution in [0.1, 0.15) is 17.5 Å². The predicted octanol–water partition coefficient (Wildman–Crippen LogP) is 3.97. The summed E-state index contributed by atoms with van der Waals surface area (Å²) in [7, 11) is 0.698. The van der Waals surface area contributed by atoms with Crippen LogP contribution >= 0.6 is 0 Å². The molecule has 3 aromatic rings. The quantitative estimate of drug-likeness (QED) is 0.369. The summed E-state index contributed by atoms with van der Waals surface area (Å²) in [5.74, 6) is 1.46. The van der Waals surface area contributed by atoms with E-state index >= 15 is 0 Å². The monoisotopic (exact) mass is 512 g/mol. The third-order valence-electron chi connectivity index (χ3n) is 5.67. The molecule has 0 aliphatic rings. The van der Waals surface area contributed by atoms with E-state index in [1.807, 2.05) is 37.3 Å². The fraction of sp³-hybridized carbons (Fsp3) is 0.296. The first-order chi connectivity index (χ1) is 17.3. The summed E-state index contributed by atoms with van der Waals surface area (Å²) in [5, 5.41) is 2.84. The smallest absolute Gasteiger partial charge is 0.264 e. The van der Waals surface area contributed by atoms with Crippen LogP contribution in [0.4, 0.5) is 5.69 Å². The van der Waals surface area contributed by atoms with Crippen molar-refractivity contribution in [3.8, 4) is 17.2 Å². The number of hydrogen-bond donors (Lipinski definition) is 1. The molecule has 0 unspecified atom stereocenters. The van der Waals surface area contributed by atoms with Gasteiger partial charge in [-0.2, -0.15) is 0 Å². The number of nitrogens with zero attached hydrogens (tertiary/aromatic N) is 1. The Morgan fingerprint density at radius 1 is 0.861 bits per heavy atom. The van der Waals surface area contributed by atoms with Crippen molar-refractivity contribution in [1.82, 2.24) is 5.32 Å². The van der Waals surface area contributed by atoms with Gasteiger partial charge in [0.25, 0.3) is 10.0 Å². The summed E-state index contributed by atoms with van der Waals surface area (Å²) in [4.78, 5) is 12.9. The molecule has 0 aliphatic heterocycles. The molecule has 0 radical (unpaired) electrons. The second-order valence-electron chi connectivity index (χ2n) is 8.17. The SMILES string of the molecule is COc1ccc(S(=O)(=O)N(CC(=O)NCCCc2ccc(OC)c(OC)c2)c2ccc(C)cc2)cc1. The van der Waals surface area contributed by atoms with Gasteiger partial charge in [0.1, 0.15) is 12.3 Å². The first kappa shape index (κ1) is 26.9. The Morgan fingerprint density at radius 2 is 1.53 bits per heavy atom. The number of hydrogen-bond acceptors (Lipinski definition) is 6. The minimum Gasteiger partial charge on any atom is -0.497 e. The van der Waals surface area contributed by atoms with Crippen LogP contribution in [-0.2, 0) is 21.2 Å². The number of benzene rings is 3. The number of methoxy groups -OCH3 is 3. The summed E-state index contributed by atoms with van der Waals surface area (Å²) in [6.45, 7) is 1.97. The molecule has 36 heavy (non-hydrogen) atoms. The summed E-state index contributed by atoms with van der Waals surface area (Å²) in [6, 6.07) is 18.8. The number of sulfonamides is 1. The maximum Gasteiger partial charge on any atom is 0.264 e. The number of aryl methyl sites for hydroxylation is 2. The number of rotatable bonds is 12. The van der Waals surface area contributed by atoms with Crippen LogP contribution in [0.5, 0.6) is 17.2 Å². The summed E-state index contributed by atoms with van der Waals surface area (Å²) >= 11 is 0. The van der Waals surface area contributed by atoms with Crippen LogP contribution in [0.15, 0.2) is 71.6 Å². The summed E-state index contributed by atoms with van der Waals surface area (Å²) in [5.41, 5.74) is 2.45. The van der Waals surface area contributed by atoms with Crippen LogP contribution in [0.25, 0.3) is 0 Å². The molecule has 0 spiro atoms. The van der Waals surface area contributed by atoms with Crippen molar-refractivity contribution >= 4 is 21.6 Å². The van der Waals surface area contributed by atoms with Crippen LogP contribution in [-0.4, -0.2) is 48.7 Å². The van der Waals surface area contributed by atoms with E-state index in [2.05, 4.69) is 5.32 Å². The zero-order valence-corrected chi connectivity index (χ0v) is 21.8. The van der Waals surface area contributed by atoms with Gasteiger partial charge in [-0.3, -0.25) is 9.10 Å². The second kappa shape index (κ2) is 12.3. The van der Waals surface area contributed by atoms with E-state index in [4.69, 9.17) is 14.2 Å². The van der Waals surface area contributed by atoms with E-state index in [0.717, 1.165) is 15.4 Å². The Hall–Kier alpha value is -3.72. The van der Waals surface area contributed by atoms with E-state index in [-0.39, 0.29) is 17.3 Å². The normalized spacial score (nSPS) is 11.0. The first-order valence-corrected chi connectivity index (χ1v) is 12.9. The molecule has 0 aromatic heterocycles. The molecule has 0 heterocycles. The highest BCUT2D eigenvalue weighted by Gasteiger charge is 2.27. The lowest BCUT2D eigenvalue weighted by atomic mass is 10.1. The number of anilines is 1. The van der Waals surface area contributed by atoms with Crippen molar-refractivity contribution in [2.75, 3.05) is 38.7 Å². The second-order valence-corrected chi connectivity index (χ2v) is 10.0. The van der Waals surface area contributed by atoms with Gasteiger partial charge in [0.2, 0.25) is 5.91 Å². The molecule has 1 amide bonds. The third-order valence-corrected chi connectivity index (χ3v) is 7.46. The van der Waals surface area contributed by atoms with E-state index < -0.39 is 10.0 Å². The molecule has 0 saturated carbocycles. The van der Waals surface area contributed by atoms with Gasteiger partial charge in [0.05, 0.1) is 31.9 Å². The molecule has 3 rings (SSSR count). The fourth-order valence-corrected chi connectivity index (χ4v) is 5.06. The van der Waals surface area contributed by atoms with Gasteiger partial charge in [0.15, 0.2) is 11.5 Å². The van der Waals surface area contributed by atoms with Gasteiger partial charge >= 0.3 is 0 Å². The molecule has 8 nitrogen and oxygen atoms in total. The van der Waals surface area contributed by atoms with Crippen LogP contribution in [0, 0.1) is 6.92 Å². The lowest BCUT2D eigenvalue weighted by Crippen LogP contribution is -2.41. The highest BCUT2D eigenvalue weighted by atomic mass is 32.2. The molecule has 9 heteroatoms. The highest BCUT2D eigenvalue weighted by molar-refractivity contribution is 7.92. The first-order valence-electron chi connectivity index (χ1n) is 11.5. The lowest BCUT2D eigenvalue weighted by Gasteiger charge is -2.24. The van der Waals surface area contributed by atoms with Crippen LogP contribution in [0.3, 0.4) is 0 Å². The molecule has 0 bridgehead atoms. The Morgan fingerprint density at radius 3 is 2.14 bits per heavy atom. The third kappa shape index (κ3) is 6.69. The molecule has 192 valence electrons. The molecular formula is C27H32N2O6S. The summed E-state index contributed by atoms with van der Waals surface area (Å²) < 4.78 is 43.8. The molecule has 0 saturated heterocycles. The number of carbonyl (C=O) groups is 1. The minimum atomic E-state index is -3.98. The van der Waals surface area contributed by atoms with Gasteiger partial charge in [-0.1, -0.05) is 23.8 Å².